The molecule has 0 spiro atoms. The fraction of sp³-hybridized carbons (Fsp3) is 0.250. The van der Waals surface area contributed by atoms with E-state index in [1.165, 1.54) is 22.3 Å². The number of benzene rings is 1. The van der Waals surface area contributed by atoms with E-state index in [4.69, 9.17) is 0 Å². The fourth-order valence-electron chi connectivity index (χ4n) is 2.21. The third-order valence-electron chi connectivity index (χ3n) is 3.43. The predicted molar refractivity (Wildman–Crippen MR) is 109 cm³/mol. The Balaban J connectivity index is 0.00000243. The second-order valence-corrected chi connectivity index (χ2v) is 9.07. The molecule has 26 heavy (non-hydrogen) atoms. The lowest BCUT2D eigenvalue weighted by Gasteiger charge is -2.21. The topological polar surface area (TPSA) is 36.4 Å². The maximum absolute atomic E-state index is 14.0. The Morgan fingerprint density at radius 1 is 1.19 bits per heavy atom. The monoisotopic (exact) mass is 481 g/mol. The number of likely N-dealkylation sites (N-methyl/N-ethyl adjacent to an activating group) is 1. The van der Waals surface area contributed by atoms with Gasteiger partial charge in [-0.3, -0.25) is 9.69 Å². The van der Waals surface area contributed by atoms with Crippen LogP contribution in [0.2, 0.25) is 0 Å². The number of hydrogen-bond acceptors (Lipinski definition) is 5. The number of anilines is 1. The van der Waals surface area contributed by atoms with Crippen molar-refractivity contribution in [2.75, 3.05) is 32.1 Å². The van der Waals surface area contributed by atoms with E-state index >= 15 is 0 Å². The van der Waals surface area contributed by atoms with Crippen LogP contribution in [0.1, 0.15) is 9.67 Å². The Bertz CT molecular complexity index is 932. The van der Waals surface area contributed by atoms with Gasteiger partial charge in [0.15, 0.2) is 10.9 Å². The van der Waals surface area contributed by atoms with Crippen LogP contribution in [0, 0.1) is 11.6 Å². The number of aromatic nitrogens is 1. The minimum absolute atomic E-state index is 0. The fourth-order valence-corrected chi connectivity index (χ4v) is 4.57. The van der Waals surface area contributed by atoms with Gasteiger partial charge >= 0.3 is 0 Å². The van der Waals surface area contributed by atoms with E-state index in [0.717, 1.165) is 21.2 Å². The molecule has 2 aromatic heterocycles. The lowest BCUT2D eigenvalue weighted by atomic mass is 10.3. The van der Waals surface area contributed by atoms with Crippen molar-refractivity contribution in [3.05, 3.63) is 44.6 Å². The molecule has 1 aromatic carbocycles. The summed E-state index contributed by atoms with van der Waals surface area (Å²) in [6, 6.07) is 5.56. The van der Waals surface area contributed by atoms with Crippen molar-refractivity contribution in [2.24, 2.45) is 0 Å². The van der Waals surface area contributed by atoms with E-state index in [1.807, 2.05) is 19.0 Å². The smallest absolute Gasteiger partial charge is 0.270 e. The van der Waals surface area contributed by atoms with Crippen LogP contribution in [0.15, 0.2) is 28.1 Å². The van der Waals surface area contributed by atoms with Crippen LogP contribution in [0.25, 0.3) is 10.2 Å². The van der Waals surface area contributed by atoms with Gasteiger partial charge < -0.3 is 4.90 Å². The van der Waals surface area contributed by atoms with Crippen molar-refractivity contribution in [3.8, 4) is 0 Å². The molecule has 0 fully saturated rings. The molecule has 0 aliphatic carbocycles. The Kier molecular flexibility index (Phi) is 7.09. The van der Waals surface area contributed by atoms with Crippen molar-refractivity contribution in [2.45, 2.75) is 0 Å². The molecule has 0 radical (unpaired) electrons. The van der Waals surface area contributed by atoms with Gasteiger partial charge in [0.1, 0.15) is 11.3 Å². The van der Waals surface area contributed by atoms with E-state index in [0.29, 0.717) is 27.8 Å². The Hall–Kier alpha value is -1.13. The third kappa shape index (κ3) is 4.58. The number of rotatable bonds is 5. The lowest BCUT2D eigenvalue weighted by Crippen LogP contribution is -2.36. The van der Waals surface area contributed by atoms with Crippen LogP contribution in [0.5, 0.6) is 0 Å². The first-order valence-corrected chi connectivity index (χ1v) is 9.75. The highest BCUT2D eigenvalue weighted by molar-refractivity contribution is 9.11. The number of amides is 1. The van der Waals surface area contributed by atoms with Gasteiger partial charge in [0.25, 0.3) is 5.91 Å². The summed E-state index contributed by atoms with van der Waals surface area (Å²) in [5.41, 5.74) is 0.0800. The molecule has 0 saturated carbocycles. The van der Waals surface area contributed by atoms with E-state index in [-0.39, 0.29) is 23.8 Å². The van der Waals surface area contributed by atoms with Crippen LogP contribution in [-0.4, -0.2) is 43.0 Å². The number of halogens is 4. The van der Waals surface area contributed by atoms with Gasteiger partial charge in [0, 0.05) is 19.2 Å². The van der Waals surface area contributed by atoms with E-state index in [2.05, 4.69) is 20.9 Å². The molecule has 2 heterocycles. The number of fused-ring (bicyclic) bond motifs is 1. The van der Waals surface area contributed by atoms with Crippen LogP contribution in [0.4, 0.5) is 13.9 Å². The molecule has 1 amide bonds. The molecule has 10 heteroatoms. The minimum Gasteiger partial charge on any atom is -0.308 e. The number of carbonyl (C=O) groups excluding carboxylic acids is 1. The summed E-state index contributed by atoms with van der Waals surface area (Å²) in [5, 5.41) is 0.357. The molecule has 0 N–H and O–H groups in total. The molecule has 0 saturated heterocycles. The zero-order valence-electron chi connectivity index (χ0n) is 13.8. The molecule has 0 aliphatic rings. The average Bonchev–Trinajstić information content (AvgIpc) is 3.13. The molecule has 0 aliphatic heterocycles. The summed E-state index contributed by atoms with van der Waals surface area (Å²) in [6.07, 6.45) is 0. The van der Waals surface area contributed by atoms with E-state index in [1.54, 1.807) is 12.1 Å². The minimum atomic E-state index is -0.726. The van der Waals surface area contributed by atoms with Crippen LogP contribution < -0.4 is 4.90 Å². The summed E-state index contributed by atoms with van der Waals surface area (Å²) in [5.74, 6) is -1.59. The molecular formula is C16H15BrClF2N3OS2. The van der Waals surface area contributed by atoms with Crippen molar-refractivity contribution >= 4 is 72.3 Å². The highest BCUT2D eigenvalue weighted by atomic mass is 79.9. The van der Waals surface area contributed by atoms with Gasteiger partial charge in [0.05, 0.1) is 13.4 Å². The number of hydrogen-bond donors (Lipinski definition) is 0. The van der Waals surface area contributed by atoms with Crippen molar-refractivity contribution < 1.29 is 13.6 Å². The SMILES string of the molecule is CN(C)CCN(C(=O)c1ccc(Br)s1)c1nc2c(F)cc(F)cc2s1.Cl. The standard InChI is InChI=1S/C16H14BrF2N3OS2.ClH/c1-21(2)5-6-22(15(23)11-3-4-13(17)24-11)16-20-14-10(19)7-9(18)8-12(14)25-16;/h3-4,7-8H,5-6H2,1-2H3;1H. The number of thiazole rings is 1. The largest absolute Gasteiger partial charge is 0.308 e. The van der Waals surface area contributed by atoms with Crippen LogP contribution in [-0.2, 0) is 0 Å². The number of thiophene rings is 1. The number of carbonyl (C=O) groups is 1. The second kappa shape index (κ2) is 8.71. The molecule has 3 aromatic rings. The second-order valence-electron chi connectivity index (χ2n) is 5.59. The predicted octanol–water partition coefficient (Wildman–Crippen LogP) is 5.03. The summed E-state index contributed by atoms with van der Waals surface area (Å²) in [4.78, 5) is 21.1. The maximum Gasteiger partial charge on any atom is 0.270 e. The van der Waals surface area contributed by atoms with Gasteiger partial charge in [-0.25, -0.2) is 13.8 Å². The van der Waals surface area contributed by atoms with Crippen molar-refractivity contribution in [1.82, 2.24) is 9.88 Å². The van der Waals surface area contributed by atoms with Gasteiger partial charge in [-0.1, -0.05) is 11.3 Å². The molecule has 4 nitrogen and oxygen atoms in total. The van der Waals surface area contributed by atoms with Gasteiger partial charge in [-0.15, -0.1) is 23.7 Å². The third-order valence-corrected chi connectivity index (χ3v) is 6.07. The Morgan fingerprint density at radius 3 is 2.54 bits per heavy atom. The molecule has 3 rings (SSSR count). The highest BCUT2D eigenvalue weighted by Crippen LogP contribution is 2.33. The van der Waals surface area contributed by atoms with Gasteiger partial charge in [0.2, 0.25) is 0 Å². The normalized spacial score (nSPS) is 11.0. The Morgan fingerprint density at radius 2 is 1.92 bits per heavy atom. The molecule has 140 valence electrons. The highest BCUT2D eigenvalue weighted by Gasteiger charge is 2.23. The summed E-state index contributed by atoms with van der Waals surface area (Å²) < 4.78 is 28.6. The van der Waals surface area contributed by atoms with Gasteiger partial charge in [-0.2, -0.15) is 0 Å². The maximum atomic E-state index is 14.0. The summed E-state index contributed by atoms with van der Waals surface area (Å²) >= 11 is 5.77. The number of nitrogens with zero attached hydrogens (tertiary/aromatic N) is 3. The average molecular weight is 483 g/mol. The molecule has 0 bridgehead atoms. The van der Waals surface area contributed by atoms with Crippen molar-refractivity contribution in [1.29, 1.82) is 0 Å². The van der Waals surface area contributed by atoms with Crippen LogP contribution in [0.3, 0.4) is 0 Å². The van der Waals surface area contributed by atoms with E-state index < -0.39 is 11.6 Å². The lowest BCUT2D eigenvalue weighted by molar-refractivity contribution is 0.0989. The van der Waals surface area contributed by atoms with Crippen LogP contribution >= 0.6 is 51.0 Å². The zero-order chi connectivity index (χ0) is 18.1. The molecular weight excluding hydrogens is 468 g/mol. The van der Waals surface area contributed by atoms with E-state index in [9.17, 15) is 13.6 Å². The Labute approximate surface area is 172 Å². The zero-order valence-corrected chi connectivity index (χ0v) is 17.9. The van der Waals surface area contributed by atoms with Gasteiger partial charge in [-0.05, 0) is 48.2 Å². The summed E-state index contributed by atoms with van der Waals surface area (Å²) in [6.45, 7) is 1.01. The van der Waals surface area contributed by atoms with Crippen molar-refractivity contribution in [3.63, 3.8) is 0 Å². The quantitative estimate of drug-likeness (QED) is 0.512. The molecule has 0 atom stereocenters. The summed E-state index contributed by atoms with van der Waals surface area (Å²) in [7, 11) is 3.80. The first kappa shape index (κ1) is 21.2. The first-order chi connectivity index (χ1) is 11.8. The molecule has 0 unspecified atom stereocenters. The first-order valence-electron chi connectivity index (χ1n) is 7.32.